The first-order chi connectivity index (χ1) is 9.68. The Balaban J connectivity index is 2.31. The number of fused-ring (bicyclic) bond motifs is 1. The number of carbonyl (C=O) groups is 1. The fourth-order valence-corrected chi connectivity index (χ4v) is 2.25. The number of nitrogens with zero attached hydrogens (tertiary/aromatic N) is 3. The molecule has 0 saturated heterocycles. The molecule has 3 aromatic rings. The van der Waals surface area contributed by atoms with Gasteiger partial charge in [-0.25, -0.2) is 9.78 Å². The number of imidazole rings is 1. The fourth-order valence-electron chi connectivity index (χ4n) is 2.25. The van der Waals surface area contributed by atoms with Crippen LogP contribution in [0.4, 0.5) is 0 Å². The maximum Gasteiger partial charge on any atom is 0.326 e. The molecule has 1 aromatic carbocycles. The molecule has 1 N–H and O–H groups in total. The van der Waals surface area contributed by atoms with Gasteiger partial charge in [0.1, 0.15) is 11.9 Å². The summed E-state index contributed by atoms with van der Waals surface area (Å²) in [5.41, 5.74) is 2.45. The number of hydrogen-bond donors (Lipinski definition) is 1. The van der Waals surface area contributed by atoms with Crippen LogP contribution in [0.3, 0.4) is 0 Å². The second-order valence-corrected chi connectivity index (χ2v) is 4.54. The minimum absolute atomic E-state index is 0.642. The van der Waals surface area contributed by atoms with Crippen molar-refractivity contribution in [2.45, 2.75) is 13.0 Å². The van der Waals surface area contributed by atoms with Crippen LogP contribution in [0.1, 0.15) is 13.0 Å². The van der Waals surface area contributed by atoms with Gasteiger partial charge >= 0.3 is 5.97 Å². The Bertz CT molecular complexity index is 765. The van der Waals surface area contributed by atoms with Crippen molar-refractivity contribution in [1.82, 2.24) is 14.5 Å². The Morgan fingerprint density at radius 2 is 1.90 bits per heavy atom. The van der Waals surface area contributed by atoms with E-state index in [0.717, 1.165) is 16.6 Å². The molecule has 2 aromatic heterocycles. The van der Waals surface area contributed by atoms with Gasteiger partial charge in [0.2, 0.25) is 0 Å². The summed E-state index contributed by atoms with van der Waals surface area (Å²) in [6.07, 6.45) is 3.34. The summed E-state index contributed by atoms with van der Waals surface area (Å²) in [6.45, 7) is 1.65. The largest absolute Gasteiger partial charge is 0.480 e. The lowest BCUT2D eigenvalue weighted by atomic mass is 10.2. The first kappa shape index (κ1) is 12.3. The Kier molecular flexibility index (Phi) is 2.95. The number of aliphatic carboxylic acids is 1. The van der Waals surface area contributed by atoms with Gasteiger partial charge in [0.15, 0.2) is 0 Å². The molecule has 20 heavy (non-hydrogen) atoms. The van der Waals surface area contributed by atoms with Crippen molar-refractivity contribution in [2.75, 3.05) is 0 Å². The van der Waals surface area contributed by atoms with Crippen molar-refractivity contribution < 1.29 is 9.90 Å². The van der Waals surface area contributed by atoms with E-state index in [4.69, 9.17) is 0 Å². The first-order valence-corrected chi connectivity index (χ1v) is 6.28. The van der Waals surface area contributed by atoms with Gasteiger partial charge in [-0.15, -0.1) is 0 Å². The zero-order valence-corrected chi connectivity index (χ0v) is 10.9. The molecule has 0 radical (unpaired) electrons. The third kappa shape index (κ3) is 1.93. The molecule has 1 unspecified atom stereocenters. The van der Waals surface area contributed by atoms with Crippen LogP contribution in [0, 0.1) is 0 Å². The van der Waals surface area contributed by atoms with Gasteiger partial charge in [0.25, 0.3) is 0 Å². The van der Waals surface area contributed by atoms with Gasteiger partial charge in [0, 0.05) is 18.0 Å². The van der Waals surface area contributed by atoms with E-state index in [1.165, 1.54) is 0 Å². The zero-order chi connectivity index (χ0) is 14.1. The minimum atomic E-state index is -0.886. The summed E-state index contributed by atoms with van der Waals surface area (Å²) in [5, 5.41) is 9.32. The monoisotopic (exact) mass is 267 g/mol. The summed E-state index contributed by atoms with van der Waals surface area (Å²) >= 11 is 0. The number of rotatable bonds is 3. The average molecular weight is 267 g/mol. The van der Waals surface area contributed by atoms with Crippen LogP contribution in [0.2, 0.25) is 0 Å². The first-order valence-electron chi connectivity index (χ1n) is 6.28. The molecule has 100 valence electrons. The van der Waals surface area contributed by atoms with Gasteiger partial charge in [-0.2, -0.15) is 0 Å². The maximum atomic E-state index is 11.4. The van der Waals surface area contributed by atoms with Gasteiger partial charge in [-0.1, -0.05) is 12.1 Å². The molecular weight excluding hydrogens is 254 g/mol. The summed E-state index contributed by atoms with van der Waals surface area (Å²) in [4.78, 5) is 19.9. The molecule has 0 bridgehead atoms. The van der Waals surface area contributed by atoms with Crippen LogP contribution in [-0.2, 0) is 4.79 Å². The predicted molar refractivity (Wildman–Crippen MR) is 75.3 cm³/mol. The summed E-state index contributed by atoms with van der Waals surface area (Å²) in [6, 6.07) is 10.5. The molecule has 0 spiro atoms. The molecule has 5 heteroatoms. The smallest absolute Gasteiger partial charge is 0.326 e. The highest BCUT2D eigenvalue weighted by Gasteiger charge is 2.21. The second kappa shape index (κ2) is 4.77. The number of para-hydroxylation sites is 2. The highest BCUT2D eigenvalue weighted by Crippen LogP contribution is 2.28. The van der Waals surface area contributed by atoms with E-state index in [-0.39, 0.29) is 0 Å². The quantitative estimate of drug-likeness (QED) is 0.792. The maximum absolute atomic E-state index is 11.4. The summed E-state index contributed by atoms with van der Waals surface area (Å²) in [5.74, 6) is -0.244. The molecule has 2 heterocycles. The summed E-state index contributed by atoms with van der Waals surface area (Å²) in [7, 11) is 0. The second-order valence-electron chi connectivity index (χ2n) is 4.54. The van der Waals surface area contributed by atoms with Gasteiger partial charge in [-0.3, -0.25) is 4.98 Å². The highest BCUT2D eigenvalue weighted by molar-refractivity contribution is 5.84. The van der Waals surface area contributed by atoms with Crippen molar-refractivity contribution in [2.24, 2.45) is 0 Å². The van der Waals surface area contributed by atoms with Gasteiger partial charge < -0.3 is 9.67 Å². The van der Waals surface area contributed by atoms with E-state index in [1.807, 2.05) is 36.4 Å². The van der Waals surface area contributed by atoms with Crippen LogP contribution < -0.4 is 0 Å². The number of hydrogen-bond acceptors (Lipinski definition) is 3. The van der Waals surface area contributed by atoms with Crippen LogP contribution >= 0.6 is 0 Å². The molecule has 0 fully saturated rings. The van der Waals surface area contributed by atoms with Crippen molar-refractivity contribution in [3.8, 4) is 11.4 Å². The highest BCUT2D eigenvalue weighted by atomic mass is 16.4. The van der Waals surface area contributed by atoms with E-state index in [2.05, 4.69) is 9.97 Å². The van der Waals surface area contributed by atoms with Crippen LogP contribution in [0.15, 0.2) is 48.8 Å². The van der Waals surface area contributed by atoms with Crippen LogP contribution in [0.25, 0.3) is 22.4 Å². The van der Waals surface area contributed by atoms with Crippen molar-refractivity contribution in [3.05, 3.63) is 48.8 Å². The van der Waals surface area contributed by atoms with E-state index in [1.54, 1.807) is 23.9 Å². The number of aromatic nitrogens is 3. The third-order valence-corrected chi connectivity index (χ3v) is 3.28. The summed E-state index contributed by atoms with van der Waals surface area (Å²) < 4.78 is 1.74. The number of carboxylic acid groups (broad SMARTS) is 1. The minimum Gasteiger partial charge on any atom is -0.480 e. The average Bonchev–Trinajstić information content (AvgIpc) is 2.86. The Morgan fingerprint density at radius 1 is 1.20 bits per heavy atom. The van der Waals surface area contributed by atoms with E-state index in [0.29, 0.717) is 5.82 Å². The Hall–Kier alpha value is -2.69. The molecule has 0 saturated carbocycles. The predicted octanol–water partition coefficient (Wildman–Crippen LogP) is 2.74. The van der Waals surface area contributed by atoms with Crippen molar-refractivity contribution in [3.63, 3.8) is 0 Å². The molecule has 0 aliphatic carbocycles. The molecule has 0 aliphatic rings. The number of benzene rings is 1. The number of carboxylic acids is 1. The van der Waals surface area contributed by atoms with E-state index < -0.39 is 12.0 Å². The van der Waals surface area contributed by atoms with E-state index in [9.17, 15) is 9.90 Å². The Labute approximate surface area is 115 Å². The third-order valence-electron chi connectivity index (χ3n) is 3.28. The molecule has 3 rings (SSSR count). The molecular formula is C15H13N3O2. The van der Waals surface area contributed by atoms with E-state index >= 15 is 0 Å². The Morgan fingerprint density at radius 3 is 2.60 bits per heavy atom. The lowest BCUT2D eigenvalue weighted by Gasteiger charge is -2.13. The topological polar surface area (TPSA) is 68.0 Å². The SMILES string of the molecule is CC(C(=O)O)n1c(-c2ccncc2)nc2ccccc21. The molecule has 0 amide bonds. The standard InChI is InChI=1S/C15H13N3O2/c1-10(15(19)20)18-13-5-3-2-4-12(13)17-14(18)11-6-8-16-9-7-11/h2-10H,1H3,(H,19,20). The lowest BCUT2D eigenvalue weighted by molar-refractivity contribution is -0.140. The fraction of sp³-hybridized carbons (Fsp3) is 0.133. The number of pyridine rings is 1. The van der Waals surface area contributed by atoms with Crippen LogP contribution in [0.5, 0.6) is 0 Å². The van der Waals surface area contributed by atoms with Crippen molar-refractivity contribution in [1.29, 1.82) is 0 Å². The van der Waals surface area contributed by atoms with Crippen LogP contribution in [-0.4, -0.2) is 25.6 Å². The van der Waals surface area contributed by atoms with Gasteiger partial charge in [-0.05, 0) is 31.2 Å². The molecule has 1 atom stereocenters. The normalized spacial score (nSPS) is 12.4. The lowest BCUT2D eigenvalue weighted by Crippen LogP contribution is -2.16. The molecule has 5 nitrogen and oxygen atoms in total. The van der Waals surface area contributed by atoms with Gasteiger partial charge in [0.05, 0.1) is 11.0 Å². The molecule has 0 aliphatic heterocycles. The zero-order valence-electron chi connectivity index (χ0n) is 10.9. The van der Waals surface area contributed by atoms with Crippen molar-refractivity contribution >= 4 is 17.0 Å².